The molecule has 2 N–H and O–H groups in total. The summed E-state index contributed by atoms with van der Waals surface area (Å²) < 4.78 is 11.5. The molecule has 4 heterocycles. The molecule has 0 bridgehead atoms. The van der Waals surface area contributed by atoms with E-state index in [-0.39, 0.29) is 6.03 Å². The lowest BCUT2D eigenvalue weighted by Crippen LogP contribution is -2.28. The molecule has 28 heavy (non-hydrogen) atoms. The standard InChI is InChI=1S/C19H21N5O3S/c1-2-21-18(25)24-19-22-15-8-14(13-4-3-6-20-9-13)16(23-17(15)28-19)27-11-12-5-7-26-10-12/h3-4,6,8-9,12H,2,5,7,10-11H2,1H3,(H2,21,22,24,25). The second-order valence-corrected chi connectivity index (χ2v) is 7.43. The molecule has 9 heteroatoms. The van der Waals surface area contributed by atoms with Gasteiger partial charge in [0.15, 0.2) is 5.13 Å². The molecule has 1 atom stereocenters. The molecule has 3 aromatic heterocycles. The van der Waals surface area contributed by atoms with Gasteiger partial charge < -0.3 is 14.8 Å². The van der Waals surface area contributed by atoms with E-state index in [2.05, 4.69) is 25.6 Å². The van der Waals surface area contributed by atoms with Crippen LogP contribution >= 0.6 is 11.3 Å². The number of urea groups is 1. The summed E-state index contributed by atoms with van der Waals surface area (Å²) in [6.07, 6.45) is 4.49. The number of aromatic nitrogens is 3. The van der Waals surface area contributed by atoms with Crippen molar-refractivity contribution in [2.75, 3.05) is 31.7 Å². The highest BCUT2D eigenvalue weighted by molar-refractivity contribution is 7.22. The number of nitrogens with zero attached hydrogens (tertiary/aromatic N) is 3. The summed E-state index contributed by atoms with van der Waals surface area (Å²) in [7, 11) is 0. The monoisotopic (exact) mass is 399 g/mol. The second-order valence-electron chi connectivity index (χ2n) is 6.45. The molecule has 0 aromatic carbocycles. The third-order valence-electron chi connectivity index (χ3n) is 4.36. The van der Waals surface area contributed by atoms with Gasteiger partial charge in [-0.25, -0.2) is 14.8 Å². The highest BCUT2D eigenvalue weighted by Crippen LogP contribution is 2.35. The number of pyridine rings is 2. The predicted octanol–water partition coefficient (Wildman–Crippen LogP) is 3.31. The summed E-state index contributed by atoms with van der Waals surface area (Å²) in [5.74, 6) is 0.913. The Kier molecular flexibility index (Phi) is 5.63. The lowest BCUT2D eigenvalue weighted by Gasteiger charge is -2.13. The van der Waals surface area contributed by atoms with Crippen LogP contribution in [0.3, 0.4) is 0 Å². The predicted molar refractivity (Wildman–Crippen MR) is 108 cm³/mol. The van der Waals surface area contributed by atoms with Crippen LogP contribution in [0.15, 0.2) is 30.6 Å². The van der Waals surface area contributed by atoms with Gasteiger partial charge in [-0.1, -0.05) is 17.4 Å². The van der Waals surface area contributed by atoms with Crippen LogP contribution in [-0.4, -0.2) is 47.3 Å². The molecule has 146 valence electrons. The van der Waals surface area contributed by atoms with Gasteiger partial charge in [0.05, 0.1) is 13.2 Å². The Hall–Kier alpha value is -2.78. The van der Waals surface area contributed by atoms with Crippen LogP contribution in [0.1, 0.15) is 13.3 Å². The second kappa shape index (κ2) is 8.49. The maximum absolute atomic E-state index is 11.8. The SMILES string of the molecule is CCNC(=O)Nc1nc2cc(-c3cccnc3)c(OCC3CCOC3)nc2s1. The molecule has 1 aliphatic rings. The number of fused-ring (bicyclic) bond motifs is 1. The van der Waals surface area contributed by atoms with Crippen molar-refractivity contribution < 1.29 is 14.3 Å². The number of nitrogens with one attached hydrogen (secondary N) is 2. The summed E-state index contributed by atoms with van der Waals surface area (Å²) in [5.41, 5.74) is 2.43. The van der Waals surface area contributed by atoms with E-state index >= 15 is 0 Å². The lowest BCUT2D eigenvalue weighted by atomic mass is 10.1. The number of hydrogen-bond acceptors (Lipinski definition) is 7. The first-order chi connectivity index (χ1) is 13.7. The van der Waals surface area contributed by atoms with Crippen molar-refractivity contribution >= 4 is 32.8 Å². The van der Waals surface area contributed by atoms with Gasteiger partial charge in [0.1, 0.15) is 10.3 Å². The third kappa shape index (κ3) is 4.20. The van der Waals surface area contributed by atoms with Gasteiger partial charge in [0.25, 0.3) is 0 Å². The van der Waals surface area contributed by atoms with E-state index in [1.54, 1.807) is 12.4 Å². The molecule has 0 saturated carbocycles. The summed E-state index contributed by atoms with van der Waals surface area (Å²) in [6.45, 7) is 4.45. The summed E-state index contributed by atoms with van der Waals surface area (Å²) >= 11 is 1.31. The number of rotatable bonds is 6. The van der Waals surface area contributed by atoms with E-state index in [4.69, 9.17) is 9.47 Å². The van der Waals surface area contributed by atoms with Crippen LogP contribution in [-0.2, 0) is 4.74 Å². The van der Waals surface area contributed by atoms with Crippen molar-refractivity contribution in [2.45, 2.75) is 13.3 Å². The van der Waals surface area contributed by atoms with Gasteiger partial charge in [-0.05, 0) is 25.5 Å². The van der Waals surface area contributed by atoms with E-state index in [9.17, 15) is 4.79 Å². The molecule has 0 spiro atoms. The average Bonchev–Trinajstić information content (AvgIpc) is 3.35. The maximum Gasteiger partial charge on any atom is 0.321 e. The topological polar surface area (TPSA) is 98.3 Å². The molecule has 0 aliphatic carbocycles. The van der Waals surface area contributed by atoms with Crippen molar-refractivity contribution in [1.29, 1.82) is 0 Å². The van der Waals surface area contributed by atoms with Crippen LogP contribution in [0, 0.1) is 5.92 Å². The number of amides is 2. The molecule has 3 aromatic rings. The molecular weight excluding hydrogens is 378 g/mol. The Balaban J connectivity index is 1.66. The van der Waals surface area contributed by atoms with E-state index in [1.165, 1.54) is 11.3 Å². The van der Waals surface area contributed by atoms with Crippen molar-refractivity contribution in [3.05, 3.63) is 30.6 Å². The van der Waals surface area contributed by atoms with Crippen LogP contribution in [0.2, 0.25) is 0 Å². The number of anilines is 1. The highest BCUT2D eigenvalue weighted by Gasteiger charge is 2.19. The molecule has 0 radical (unpaired) electrons. The van der Waals surface area contributed by atoms with Crippen molar-refractivity contribution in [1.82, 2.24) is 20.3 Å². The van der Waals surface area contributed by atoms with E-state index in [0.717, 1.165) is 24.2 Å². The fourth-order valence-electron chi connectivity index (χ4n) is 2.95. The van der Waals surface area contributed by atoms with Crippen molar-refractivity contribution in [2.24, 2.45) is 5.92 Å². The zero-order valence-corrected chi connectivity index (χ0v) is 16.3. The van der Waals surface area contributed by atoms with Crippen molar-refractivity contribution in [3.8, 4) is 17.0 Å². The number of hydrogen-bond donors (Lipinski definition) is 2. The van der Waals surface area contributed by atoms with Gasteiger partial charge in [-0.15, -0.1) is 0 Å². The fraction of sp³-hybridized carbons (Fsp3) is 0.368. The highest BCUT2D eigenvalue weighted by atomic mass is 32.1. The Morgan fingerprint density at radius 3 is 3.11 bits per heavy atom. The fourth-order valence-corrected chi connectivity index (χ4v) is 3.76. The van der Waals surface area contributed by atoms with Gasteiger partial charge >= 0.3 is 6.03 Å². The Bertz CT molecular complexity index is 957. The smallest absolute Gasteiger partial charge is 0.321 e. The molecule has 1 saturated heterocycles. The Morgan fingerprint density at radius 1 is 1.43 bits per heavy atom. The van der Waals surface area contributed by atoms with Gasteiger partial charge in [-0.3, -0.25) is 10.3 Å². The quantitative estimate of drug-likeness (QED) is 0.660. The summed E-state index contributed by atoms with van der Waals surface area (Å²) in [6, 6.07) is 5.48. The lowest BCUT2D eigenvalue weighted by molar-refractivity contribution is 0.166. The minimum Gasteiger partial charge on any atom is -0.477 e. The summed E-state index contributed by atoms with van der Waals surface area (Å²) in [4.78, 5) is 25.8. The van der Waals surface area contributed by atoms with Gasteiger partial charge in [0, 0.05) is 42.6 Å². The molecule has 4 rings (SSSR count). The first-order valence-corrected chi connectivity index (χ1v) is 10.0. The molecule has 1 unspecified atom stereocenters. The van der Waals surface area contributed by atoms with E-state index in [1.807, 2.05) is 25.1 Å². The first kappa shape index (κ1) is 18.6. The molecule has 1 aliphatic heterocycles. The first-order valence-electron chi connectivity index (χ1n) is 9.20. The minimum atomic E-state index is -0.285. The molecule has 1 fully saturated rings. The van der Waals surface area contributed by atoms with Gasteiger partial charge in [0.2, 0.25) is 5.88 Å². The van der Waals surface area contributed by atoms with Crippen LogP contribution in [0.25, 0.3) is 21.5 Å². The van der Waals surface area contributed by atoms with Crippen LogP contribution < -0.4 is 15.4 Å². The zero-order valence-electron chi connectivity index (χ0n) is 15.5. The molecular formula is C19H21N5O3S. The van der Waals surface area contributed by atoms with Gasteiger partial charge in [-0.2, -0.15) is 0 Å². The van der Waals surface area contributed by atoms with Crippen molar-refractivity contribution in [3.63, 3.8) is 0 Å². The van der Waals surface area contributed by atoms with Crippen LogP contribution in [0.5, 0.6) is 5.88 Å². The average molecular weight is 399 g/mol. The summed E-state index contributed by atoms with van der Waals surface area (Å²) in [5, 5.41) is 5.92. The number of carbonyl (C=O) groups is 1. The Labute approximate surface area is 166 Å². The molecule has 2 amide bonds. The van der Waals surface area contributed by atoms with E-state index in [0.29, 0.717) is 47.0 Å². The largest absolute Gasteiger partial charge is 0.477 e. The number of carbonyl (C=O) groups excluding carboxylic acids is 1. The number of thiazole rings is 1. The third-order valence-corrected chi connectivity index (χ3v) is 5.24. The zero-order chi connectivity index (χ0) is 19.3. The number of ether oxygens (including phenoxy) is 2. The normalized spacial score (nSPS) is 16.2. The Morgan fingerprint density at radius 2 is 2.36 bits per heavy atom. The van der Waals surface area contributed by atoms with E-state index < -0.39 is 0 Å². The molecule has 8 nitrogen and oxygen atoms in total. The van der Waals surface area contributed by atoms with Crippen LogP contribution in [0.4, 0.5) is 9.93 Å². The minimum absolute atomic E-state index is 0.285. The maximum atomic E-state index is 11.8.